The maximum absolute atomic E-state index is 16.0. The van der Waals surface area contributed by atoms with Crippen molar-refractivity contribution in [3.63, 3.8) is 0 Å². The topological polar surface area (TPSA) is 598 Å². The molecule has 11 bridgehead atoms. The van der Waals surface area contributed by atoms with Gasteiger partial charge in [0.05, 0.1) is 47.9 Å². The molecule has 16 rings (SSSR count). The third kappa shape index (κ3) is 20.8. The Kier molecular flexibility index (Phi) is 28.5. The molecular weight excluding hydrogens is 1730 g/mol. The lowest BCUT2D eigenvalue weighted by atomic mass is 9.86. The van der Waals surface area contributed by atoms with Gasteiger partial charge in [0.2, 0.25) is 65.2 Å². The Bertz CT molecular complexity index is 5740. The molecule has 8 aliphatic rings. The summed E-state index contributed by atoms with van der Waals surface area (Å²) in [7, 11) is 5.29. The molecule has 18 atom stereocenters. The molecule has 2 aromatic heterocycles. The number of aliphatic carboxylic acids is 1. The highest BCUT2D eigenvalue weighted by Gasteiger charge is 2.52. The molecule has 8 aromatic rings. The van der Waals surface area contributed by atoms with Crippen LogP contribution in [0, 0.1) is 5.92 Å². The van der Waals surface area contributed by atoms with Gasteiger partial charge in [-0.05, 0) is 157 Å². The van der Waals surface area contributed by atoms with Crippen LogP contribution in [0.3, 0.4) is 0 Å². The predicted octanol–water partition coefficient (Wildman–Crippen LogP) is 3.24. The van der Waals surface area contributed by atoms with E-state index in [1.54, 1.807) is 30.3 Å². The van der Waals surface area contributed by atoms with Gasteiger partial charge in [0.15, 0.2) is 29.9 Å². The second-order valence-electron chi connectivity index (χ2n) is 32.8. The second kappa shape index (κ2) is 39.1. The van der Waals surface area contributed by atoms with Crippen LogP contribution in [0.1, 0.15) is 128 Å². The van der Waals surface area contributed by atoms with Crippen LogP contribution in [-0.4, -0.2) is 224 Å². The minimum Gasteiger partial charge on any atom is -0.508 e. The van der Waals surface area contributed by atoms with Gasteiger partial charge in [0, 0.05) is 78.7 Å². The highest BCUT2D eigenvalue weighted by Crippen LogP contribution is 2.50. The number of amides is 9. The molecule has 9 amide bonds. The summed E-state index contributed by atoms with van der Waals surface area (Å²) in [6.07, 6.45) is -12.4. The number of rotatable bonds is 17. The molecule has 6 aromatic carbocycles. The van der Waals surface area contributed by atoms with Gasteiger partial charge in [0.25, 0.3) is 0 Å². The van der Waals surface area contributed by atoms with Crippen LogP contribution >= 0.6 is 23.2 Å². The van der Waals surface area contributed by atoms with Gasteiger partial charge in [-0.25, -0.2) is 9.78 Å². The van der Waals surface area contributed by atoms with Crippen molar-refractivity contribution in [2.45, 2.75) is 176 Å². The summed E-state index contributed by atoms with van der Waals surface area (Å²) in [5.41, 5.74) is 12.1. The van der Waals surface area contributed by atoms with Crippen molar-refractivity contribution in [2.75, 3.05) is 26.0 Å². The minimum absolute atomic E-state index is 0.00608. The number of carbonyl (C=O) groups excluding carboxylic acids is 9. The van der Waals surface area contributed by atoms with E-state index in [4.69, 9.17) is 63.1 Å². The standard InChI is InChI=1S/C66H75Cl2N9O24.C22H22N4O2/c1-23(2)12-34(71-5)58(88)76-49-51(83)26-7-10-38(32(67)14-26)97-40-16-28-17-41(55(40)101-65-56(54(86)53(85)42(22-78)99-65)100-44-21-66(4,70)57(87)24(3)96-44)98-39-11-8-27(15-33(39)68)52(84)50-63(93)75-48(64(94)95)31-18-29(79)19-37(81)45(31)30-13-25(6-9-36(30)80)46(60(90)77-50)74-61(91)47(28)73-59(89)35(20-43(69)82)72-62(49)92;1-25(14-18-12-16-5-3-4-6-19(16)26(18)2)21(28)10-7-15-11-17-8-9-20(27)24-22(17)23-13-15/h6-11,13-19,23-24,34-35,42,44,46-54,56-57,65,71,78-81,83-87H,12,20-22,70H2,1-5H3,(H2,69,82)(H,72,92)(H,73,89)(H,74,91)(H,75,93)(H,76,88)(H,77,90)(H,94,95);3-7,10-13H,8-9,14H2,1-2H3,(H,23,24,27)/b;10-7+/t24-,34+,35-,42+,44-,46+,47+,48-,49+,50-,51+,52+,53+,54-,56+,57+,65-,66-;/m0./s1. The minimum atomic E-state index is -2.35. The molecule has 0 spiro atoms. The van der Waals surface area contributed by atoms with Gasteiger partial charge in [-0.1, -0.05) is 73.4 Å². The summed E-state index contributed by atoms with van der Waals surface area (Å²) in [6, 6.07) is 11.6. The first-order valence-corrected chi connectivity index (χ1v) is 41.6. The zero-order valence-electron chi connectivity index (χ0n) is 70.3. The van der Waals surface area contributed by atoms with E-state index in [1.807, 2.05) is 39.1 Å². The van der Waals surface area contributed by atoms with E-state index in [1.165, 1.54) is 38.4 Å². The van der Waals surface area contributed by atoms with Crippen molar-refractivity contribution in [1.82, 2.24) is 51.7 Å². The Morgan fingerprint density at radius 3 is 2.03 bits per heavy atom. The number of carbonyl (C=O) groups is 10. The van der Waals surface area contributed by atoms with Gasteiger partial charge in [-0.3, -0.25) is 43.2 Å². The van der Waals surface area contributed by atoms with Crippen LogP contribution in [0.4, 0.5) is 5.82 Å². The Labute approximate surface area is 745 Å². The second-order valence-corrected chi connectivity index (χ2v) is 33.6. The number of aromatic hydroxyl groups is 3. The molecule has 2 saturated heterocycles. The normalized spacial score (nSPS) is 26.0. The van der Waals surface area contributed by atoms with Crippen LogP contribution < -0.4 is 68.2 Å². The van der Waals surface area contributed by atoms with E-state index >= 15 is 14.4 Å². The van der Waals surface area contributed by atoms with Gasteiger partial charge in [0.1, 0.15) is 95.3 Å². The number of phenolic OH excluding ortho intramolecular Hbond substituents is 3. The lowest BCUT2D eigenvalue weighted by molar-refractivity contribution is -0.333. The van der Waals surface area contributed by atoms with Crippen molar-refractivity contribution in [3.05, 3.63) is 182 Å². The zero-order chi connectivity index (χ0) is 93.2. The van der Waals surface area contributed by atoms with E-state index in [9.17, 15) is 84.6 Å². The molecule has 0 unspecified atom stereocenters. The predicted molar refractivity (Wildman–Crippen MR) is 459 cm³/mol. The molecule has 0 aliphatic carbocycles. The number of aliphatic hydroxyl groups excluding tert-OH is 6. The molecule has 2 fully saturated rings. The number of carboxylic acids is 1. The van der Waals surface area contributed by atoms with Gasteiger partial charge >= 0.3 is 5.97 Å². The summed E-state index contributed by atoms with van der Waals surface area (Å²) < 4.78 is 40.4. The van der Waals surface area contributed by atoms with E-state index in [-0.39, 0.29) is 58.0 Å². The van der Waals surface area contributed by atoms with Crippen molar-refractivity contribution in [1.29, 1.82) is 0 Å². The number of hydrogen-bond acceptors (Lipinski definition) is 28. The molecule has 39 nitrogen and oxygen atoms in total. The summed E-state index contributed by atoms with van der Waals surface area (Å²) in [5, 5.41) is 134. The third-order valence-electron chi connectivity index (χ3n) is 22.9. The van der Waals surface area contributed by atoms with Crippen LogP contribution in [0.2, 0.25) is 10.0 Å². The molecule has 684 valence electrons. The highest BCUT2D eigenvalue weighted by molar-refractivity contribution is 6.32. The number of carboxylic acid groups (broad SMARTS) is 1. The largest absolute Gasteiger partial charge is 0.508 e. The van der Waals surface area contributed by atoms with Crippen LogP contribution in [0.25, 0.3) is 28.1 Å². The molecule has 0 saturated carbocycles. The number of hydrogen-bond donors (Lipinski definition) is 20. The molecule has 41 heteroatoms. The van der Waals surface area contributed by atoms with E-state index < -0.39 is 237 Å². The molecule has 10 heterocycles. The SMILES string of the molecule is CN(Cc1cc2ccccc2n1C)C(=O)/C=C/c1cnc2c(c1)CCC(=O)N2.CN[C@H](CC(C)C)C(=O)N[C@H]1C(=O)N[C@@H](CC(N)=O)C(=O)N[C@H]2C(=O)N[C@H]3C(=O)N[C@H](C(=O)N[C@H](C(=O)O)c4cc(O)cc(O)c4-c4cc3ccc4O)[C@H](O)c3ccc(c(Cl)c3)Oc3cc2cc(c3O[C@@H]2O[C@H](CO)[C@@H](O)[C@H](O)[C@H]2O[C@H]2C[C@](C)(N)[C@H](O)[C@H](C)O2)Oc2ccc(cc2Cl)[C@H]1O. The number of aromatic nitrogens is 2. The molecular formula is C88H97Cl2N13O26. The Morgan fingerprint density at radius 2 is 1.40 bits per heavy atom. The molecule has 0 radical (unpaired) electrons. The maximum atomic E-state index is 16.0. The number of pyridine rings is 1. The lowest BCUT2D eigenvalue weighted by Gasteiger charge is -2.47. The highest BCUT2D eigenvalue weighted by atomic mass is 35.5. The lowest BCUT2D eigenvalue weighted by Crippen LogP contribution is -2.64. The molecule has 129 heavy (non-hydrogen) atoms. The number of nitrogens with zero attached hydrogens (tertiary/aromatic N) is 3. The molecule has 8 aliphatic heterocycles. The number of aliphatic hydroxyl groups is 6. The average molecular weight is 1820 g/mol. The van der Waals surface area contributed by atoms with E-state index in [2.05, 4.69) is 70.3 Å². The number of fused-ring (bicyclic) bond motifs is 17. The van der Waals surface area contributed by atoms with Crippen molar-refractivity contribution in [2.24, 2.45) is 24.4 Å². The first kappa shape index (κ1) is 94.0. The first-order valence-electron chi connectivity index (χ1n) is 40.9. The Balaban J connectivity index is 0.000000427. The van der Waals surface area contributed by atoms with E-state index in [0.717, 1.165) is 89.1 Å². The van der Waals surface area contributed by atoms with Crippen LogP contribution in [-0.2, 0) is 82.2 Å². The summed E-state index contributed by atoms with van der Waals surface area (Å²) in [5.74, 6) is -15.4. The number of nitrogens with two attached hydrogens (primary N) is 2. The van der Waals surface area contributed by atoms with Gasteiger partial charge in [-0.2, -0.15) is 0 Å². The summed E-state index contributed by atoms with van der Waals surface area (Å²) >= 11 is 14.1. The van der Waals surface area contributed by atoms with Gasteiger partial charge in [-0.15, -0.1) is 0 Å². The number of primary amides is 1. The van der Waals surface area contributed by atoms with Crippen molar-refractivity contribution < 1.29 is 127 Å². The fourth-order valence-corrected chi connectivity index (χ4v) is 16.4. The Hall–Kier alpha value is -12.6. The van der Waals surface area contributed by atoms with Crippen molar-refractivity contribution in [3.8, 4) is 57.1 Å². The van der Waals surface area contributed by atoms with Crippen LogP contribution in [0.15, 0.2) is 128 Å². The smallest absolute Gasteiger partial charge is 0.330 e. The average Bonchev–Trinajstić information content (AvgIpc) is 0.981. The van der Waals surface area contributed by atoms with E-state index in [0.29, 0.717) is 25.2 Å². The van der Waals surface area contributed by atoms with Crippen LogP contribution in [0.5, 0.6) is 46.0 Å². The number of benzene rings is 6. The number of likely N-dealkylation sites (N-methyl/N-ethyl adjacent to an activating group) is 2. The number of nitrogens with one attached hydrogen (secondary N) is 8. The number of halogens is 2. The number of ether oxygens (including phenoxy) is 6. The zero-order valence-corrected chi connectivity index (χ0v) is 71.8. The molecule has 22 N–H and O–H groups in total. The number of phenols is 3. The quantitative estimate of drug-likeness (QED) is 0.0582. The number of para-hydroxylation sites is 1. The third-order valence-corrected chi connectivity index (χ3v) is 23.5. The number of anilines is 1. The van der Waals surface area contributed by atoms with Crippen molar-refractivity contribution >= 4 is 105 Å². The fraction of sp³-hybridized carbons (Fsp3) is 0.375. The monoisotopic (exact) mass is 1820 g/mol. The maximum Gasteiger partial charge on any atom is 0.330 e. The fourth-order valence-electron chi connectivity index (χ4n) is 16.0. The first-order chi connectivity index (χ1) is 61.2. The number of aryl methyl sites for hydroxylation is 2. The summed E-state index contributed by atoms with van der Waals surface area (Å²) in [4.78, 5) is 147. The summed E-state index contributed by atoms with van der Waals surface area (Å²) in [6.45, 7) is 6.19. The Morgan fingerprint density at radius 1 is 0.744 bits per heavy atom. The van der Waals surface area contributed by atoms with Gasteiger partial charge < -0.3 is 143 Å².